The SMILES string of the molecule is CCOc1ccccc1Oc1nc(NN)ncc1F. The molecule has 2 rings (SSSR count). The molecule has 0 unspecified atom stereocenters. The van der Waals surface area contributed by atoms with Gasteiger partial charge in [-0.3, -0.25) is 5.43 Å². The number of para-hydroxylation sites is 2. The summed E-state index contributed by atoms with van der Waals surface area (Å²) < 4.78 is 24.3. The summed E-state index contributed by atoms with van der Waals surface area (Å²) in [6.45, 7) is 2.32. The lowest BCUT2D eigenvalue weighted by Crippen LogP contribution is -2.11. The summed E-state index contributed by atoms with van der Waals surface area (Å²) in [5.74, 6) is 5.18. The quantitative estimate of drug-likeness (QED) is 0.635. The molecule has 0 aliphatic carbocycles. The lowest BCUT2D eigenvalue weighted by atomic mass is 10.3. The average molecular weight is 264 g/mol. The molecule has 1 aromatic carbocycles. The molecule has 2 aromatic rings. The summed E-state index contributed by atoms with van der Waals surface area (Å²) in [6, 6.07) is 6.92. The number of benzene rings is 1. The fourth-order valence-electron chi connectivity index (χ4n) is 1.41. The van der Waals surface area contributed by atoms with Gasteiger partial charge in [0.15, 0.2) is 11.5 Å². The maximum atomic E-state index is 13.5. The standard InChI is InChI=1S/C12H13FN4O2/c1-2-18-9-5-3-4-6-10(9)19-11-8(13)7-15-12(16-11)17-14/h3-7H,2,14H2,1H3,(H,15,16,17). The topological polar surface area (TPSA) is 82.3 Å². The maximum Gasteiger partial charge on any atom is 0.261 e. The Morgan fingerprint density at radius 3 is 2.74 bits per heavy atom. The molecule has 6 nitrogen and oxygen atoms in total. The zero-order valence-electron chi connectivity index (χ0n) is 10.3. The van der Waals surface area contributed by atoms with Gasteiger partial charge in [-0.15, -0.1) is 0 Å². The monoisotopic (exact) mass is 264 g/mol. The first-order valence-corrected chi connectivity index (χ1v) is 5.63. The summed E-state index contributed by atoms with van der Waals surface area (Å²) in [4.78, 5) is 7.41. The van der Waals surface area contributed by atoms with E-state index in [0.29, 0.717) is 18.1 Å². The van der Waals surface area contributed by atoms with Crippen LogP contribution in [0.4, 0.5) is 10.3 Å². The molecule has 1 heterocycles. The van der Waals surface area contributed by atoms with E-state index in [9.17, 15) is 4.39 Å². The van der Waals surface area contributed by atoms with Gasteiger partial charge >= 0.3 is 0 Å². The van der Waals surface area contributed by atoms with Crippen LogP contribution in [0.5, 0.6) is 17.4 Å². The minimum absolute atomic E-state index is 0.0605. The summed E-state index contributed by atoms with van der Waals surface area (Å²) in [5, 5.41) is 0. The Bertz CT molecular complexity index is 565. The molecule has 0 amide bonds. The molecule has 1 aromatic heterocycles. The zero-order chi connectivity index (χ0) is 13.7. The minimum Gasteiger partial charge on any atom is -0.490 e. The van der Waals surface area contributed by atoms with Crippen LogP contribution in [0, 0.1) is 5.82 Å². The Morgan fingerprint density at radius 2 is 2.05 bits per heavy atom. The van der Waals surface area contributed by atoms with Gasteiger partial charge in [0.2, 0.25) is 11.8 Å². The minimum atomic E-state index is -0.690. The number of nitrogens with one attached hydrogen (secondary N) is 1. The molecule has 3 N–H and O–H groups in total. The van der Waals surface area contributed by atoms with E-state index in [1.54, 1.807) is 24.3 Å². The van der Waals surface area contributed by atoms with Crippen LogP contribution in [0.15, 0.2) is 30.5 Å². The number of hydrogen-bond donors (Lipinski definition) is 2. The Balaban J connectivity index is 2.30. The van der Waals surface area contributed by atoms with E-state index in [0.717, 1.165) is 6.20 Å². The molecule has 0 radical (unpaired) electrons. The number of nitrogens with two attached hydrogens (primary N) is 1. The van der Waals surface area contributed by atoms with Gasteiger partial charge in [0.25, 0.3) is 5.88 Å². The number of aromatic nitrogens is 2. The van der Waals surface area contributed by atoms with Gasteiger partial charge in [0, 0.05) is 0 Å². The molecule has 0 atom stereocenters. The average Bonchev–Trinajstić information content (AvgIpc) is 2.43. The van der Waals surface area contributed by atoms with E-state index in [2.05, 4.69) is 15.4 Å². The van der Waals surface area contributed by atoms with Crippen molar-refractivity contribution in [2.75, 3.05) is 12.0 Å². The predicted molar refractivity (Wildman–Crippen MR) is 67.5 cm³/mol. The fraction of sp³-hybridized carbons (Fsp3) is 0.167. The van der Waals surface area contributed by atoms with E-state index >= 15 is 0 Å². The first kappa shape index (κ1) is 13.0. The molecular weight excluding hydrogens is 251 g/mol. The summed E-state index contributed by atoms with van der Waals surface area (Å²) >= 11 is 0. The highest BCUT2D eigenvalue weighted by molar-refractivity contribution is 5.42. The van der Waals surface area contributed by atoms with Crippen molar-refractivity contribution in [2.45, 2.75) is 6.92 Å². The van der Waals surface area contributed by atoms with Gasteiger partial charge in [-0.1, -0.05) is 12.1 Å². The molecule has 7 heteroatoms. The van der Waals surface area contributed by atoms with E-state index in [4.69, 9.17) is 15.3 Å². The number of nitrogens with zero attached hydrogens (tertiary/aromatic N) is 2. The maximum absolute atomic E-state index is 13.5. The normalized spacial score (nSPS) is 10.1. The second-order valence-corrected chi connectivity index (χ2v) is 3.47. The van der Waals surface area contributed by atoms with Crippen molar-refractivity contribution >= 4 is 5.95 Å². The summed E-state index contributed by atoms with van der Waals surface area (Å²) in [7, 11) is 0. The van der Waals surface area contributed by atoms with Crippen LogP contribution < -0.4 is 20.7 Å². The molecule has 0 saturated heterocycles. The molecule has 100 valence electrons. The Morgan fingerprint density at radius 1 is 1.32 bits per heavy atom. The molecular formula is C12H13FN4O2. The van der Waals surface area contributed by atoms with Crippen molar-refractivity contribution < 1.29 is 13.9 Å². The van der Waals surface area contributed by atoms with Crippen molar-refractivity contribution in [1.29, 1.82) is 0 Å². The number of nitrogen functional groups attached to an aromatic ring is 1. The molecule has 0 spiro atoms. The van der Waals surface area contributed by atoms with Crippen LogP contribution in [0.1, 0.15) is 6.92 Å². The van der Waals surface area contributed by atoms with E-state index in [-0.39, 0.29) is 11.8 Å². The van der Waals surface area contributed by atoms with Crippen molar-refractivity contribution in [3.63, 3.8) is 0 Å². The number of halogens is 1. The second kappa shape index (κ2) is 5.96. The highest BCUT2D eigenvalue weighted by atomic mass is 19.1. The van der Waals surface area contributed by atoms with Gasteiger partial charge in [0.05, 0.1) is 12.8 Å². The molecule has 0 aliphatic rings. The smallest absolute Gasteiger partial charge is 0.261 e. The van der Waals surface area contributed by atoms with E-state index in [1.807, 2.05) is 6.92 Å². The van der Waals surface area contributed by atoms with E-state index < -0.39 is 5.82 Å². The van der Waals surface area contributed by atoms with Gasteiger partial charge in [-0.05, 0) is 19.1 Å². The first-order valence-electron chi connectivity index (χ1n) is 5.63. The molecule has 0 fully saturated rings. The highest BCUT2D eigenvalue weighted by Gasteiger charge is 2.12. The fourth-order valence-corrected chi connectivity index (χ4v) is 1.41. The Labute approximate surface area is 109 Å². The predicted octanol–water partition coefficient (Wildman–Crippen LogP) is 2.09. The molecule has 0 saturated carbocycles. The van der Waals surface area contributed by atoms with Gasteiger partial charge in [-0.25, -0.2) is 10.8 Å². The van der Waals surface area contributed by atoms with Gasteiger partial charge in [0.1, 0.15) is 0 Å². The molecule has 0 aliphatic heterocycles. The largest absolute Gasteiger partial charge is 0.490 e. The van der Waals surface area contributed by atoms with Crippen LogP contribution in [-0.2, 0) is 0 Å². The van der Waals surface area contributed by atoms with Crippen LogP contribution in [0.3, 0.4) is 0 Å². The third-order valence-corrected chi connectivity index (χ3v) is 2.20. The molecule has 19 heavy (non-hydrogen) atoms. The van der Waals surface area contributed by atoms with Gasteiger partial charge in [-0.2, -0.15) is 9.37 Å². The summed E-state index contributed by atoms with van der Waals surface area (Å²) in [5.41, 5.74) is 2.22. The Kier molecular flexibility index (Phi) is 4.09. The number of ether oxygens (including phenoxy) is 2. The zero-order valence-corrected chi connectivity index (χ0v) is 10.3. The number of hydrogen-bond acceptors (Lipinski definition) is 6. The van der Waals surface area contributed by atoms with E-state index in [1.165, 1.54) is 0 Å². The van der Waals surface area contributed by atoms with Crippen molar-refractivity contribution in [3.05, 3.63) is 36.3 Å². The van der Waals surface area contributed by atoms with Crippen LogP contribution in [0.2, 0.25) is 0 Å². The third-order valence-electron chi connectivity index (χ3n) is 2.20. The van der Waals surface area contributed by atoms with Crippen molar-refractivity contribution in [1.82, 2.24) is 9.97 Å². The number of rotatable bonds is 5. The molecule has 0 bridgehead atoms. The first-order chi connectivity index (χ1) is 9.24. The number of anilines is 1. The second-order valence-electron chi connectivity index (χ2n) is 3.47. The van der Waals surface area contributed by atoms with Crippen LogP contribution >= 0.6 is 0 Å². The Hall–Kier alpha value is -2.41. The van der Waals surface area contributed by atoms with Crippen molar-refractivity contribution in [2.24, 2.45) is 5.84 Å². The lowest BCUT2D eigenvalue weighted by molar-refractivity contribution is 0.316. The highest BCUT2D eigenvalue weighted by Crippen LogP contribution is 2.31. The summed E-state index contributed by atoms with van der Waals surface area (Å²) in [6.07, 6.45) is 0.973. The van der Waals surface area contributed by atoms with Crippen LogP contribution in [-0.4, -0.2) is 16.6 Å². The van der Waals surface area contributed by atoms with Crippen LogP contribution in [0.25, 0.3) is 0 Å². The third kappa shape index (κ3) is 3.08. The number of hydrazine groups is 1. The van der Waals surface area contributed by atoms with Gasteiger partial charge < -0.3 is 9.47 Å². The van der Waals surface area contributed by atoms with Crippen molar-refractivity contribution in [3.8, 4) is 17.4 Å². The lowest BCUT2D eigenvalue weighted by Gasteiger charge is -2.11.